The lowest BCUT2D eigenvalue weighted by molar-refractivity contribution is 0.259. The summed E-state index contributed by atoms with van der Waals surface area (Å²) >= 11 is 2.20. The van der Waals surface area contributed by atoms with Crippen molar-refractivity contribution in [2.45, 2.75) is 52.4 Å². The van der Waals surface area contributed by atoms with Crippen LogP contribution in [0.15, 0.2) is 0 Å². The van der Waals surface area contributed by atoms with Gasteiger partial charge in [0.25, 0.3) is 0 Å². The lowest BCUT2D eigenvalue weighted by Crippen LogP contribution is -2.17. The molecule has 2 aliphatic carbocycles. The van der Waals surface area contributed by atoms with E-state index in [1.165, 1.54) is 30.8 Å². The summed E-state index contributed by atoms with van der Waals surface area (Å²) in [4.78, 5) is 0. The average Bonchev–Trinajstić information content (AvgIpc) is 2.97. The van der Waals surface area contributed by atoms with Gasteiger partial charge >= 0.3 is 0 Å². The van der Waals surface area contributed by atoms with Crippen LogP contribution in [-0.2, 0) is 0 Å². The lowest BCUT2D eigenvalue weighted by atomic mass is 9.81. The molecule has 1 aliphatic heterocycles. The van der Waals surface area contributed by atoms with Crippen LogP contribution in [-0.4, -0.2) is 11.5 Å². The maximum Gasteiger partial charge on any atom is -0.00362 e. The molecule has 3 aliphatic rings. The van der Waals surface area contributed by atoms with Gasteiger partial charge in [-0.1, -0.05) is 13.8 Å². The maximum absolute atomic E-state index is 2.52. The smallest absolute Gasteiger partial charge is 0.00362 e. The normalized spacial score (nSPS) is 51.2. The van der Waals surface area contributed by atoms with E-state index in [1.54, 1.807) is 19.3 Å². The van der Waals surface area contributed by atoms with Crippen LogP contribution >= 0.6 is 11.8 Å². The molecule has 1 heteroatoms. The second-order valence-corrected chi connectivity index (χ2v) is 8.32. The van der Waals surface area contributed by atoms with E-state index in [2.05, 4.69) is 25.6 Å². The van der Waals surface area contributed by atoms with Gasteiger partial charge in [0.05, 0.1) is 0 Å². The first-order valence-electron chi connectivity index (χ1n) is 7.81. The third-order valence-corrected chi connectivity index (χ3v) is 7.12. The second-order valence-electron chi connectivity index (χ2n) is 7.17. The summed E-state index contributed by atoms with van der Waals surface area (Å²) in [6.07, 6.45) is 9.29. The van der Waals surface area contributed by atoms with Crippen LogP contribution in [0.25, 0.3) is 0 Å². The van der Waals surface area contributed by atoms with Gasteiger partial charge in [-0.05, 0) is 85.5 Å². The van der Waals surface area contributed by atoms with Crippen molar-refractivity contribution >= 4 is 11.8 Å². The SMILES string of the molecule is CC1CC(C)C(C2CCC(C3CCSC3)C2)C1. The average molecular weight is 252 g/mol. The fourth-order valence-electron chi connectivity index (χ4n) is 5.05. The summed E-state index contributed by atoms with van der Waals surface area (Å²) in [7, 11) is 0. The Morgan fingerprint density at radius 2 is 1.65 bits per heavy atom. The molecule has 3 fully saturated rings. The summed E-state index contributed by atoms with van der Waals surface area (Å²) in [6.45, 7) is 4.99. The third kappa shape index (κ3) is 2.55. The van der Waals surface area contributed by atoms with Crippen molar-refractivity contribution in [3.05, 3.63) is 0 Å². The van der Waals surface area contributed by atoms with Gasteiger partial charge in [0.15, 0.2) is 0 Å². The van der Waals surface area contributed by atoms with E-state index in [9.17, 15) is 0 Å². The highest BCUT2D eigenvalue weighted by Crippen LogP contribution is 2.50. The van der Waals surface area contributed by atoms with Crippen LogP contribution in [0.1, 0.15) is 52.4 Å². The quantitative estimate of drug-likeness (QED) is 0.678. The first-order valence-corrected chi connectivity index (χ1v) is 8.97. The topological polar surface area (TPSA) is 0 Å². The van der Waals surface area contributed by atoms with Gasteiger partial charge in [0.1, 0.15) is 0 Å². The molecular weight excluding hydrogens is 224 g/mol. The second kappa shape index (κ2) is 5.15. The van der Waals surface area contributed by atoms with Crippen molar-refractivity contribution in [1.29, 1.82) is 0 Å². The van der Waals surface area contributed by atoms with Gasteiger partial charge in [0.2, 0.25) is 0 Å². The van der Waals surface area contributed by atoms with Gasteiger partial charge in [-0.3, -0.25) is 0 Å². The largest absolute Gasteiger partial charge is 0.162 e. The first kappa shape index (κ1) is 12.4. The van der Waals surface area contributed by atoms with Crippen molar-refractivity contribution in [3.63, 3.8) is 0 Å². The van der Waals surface area contributed by atoms with Crippen LogP contribution < -0.4 is 0 Å². The number of hydrogen-bond donors (Lipinski definition) is 0. The Kier molecular flexibility index (Phi) is 3.75. The van der Waals surface area contributed by atoms with Gasteiger partial charge in [0, 0.05) is 0 Å². The van der Waals surface area contributed by atoms with E-state index in [0.717, 1.165) is 35.5 Å². The Hall–Kier alpha value is 0.350. The first-order chi connectivity index (χ1) is 8.24. The fourth-order valence-corrected chi connectivity index (χ4v) is 6.43. The molecule has 0 nitrogen and oxygen atoms in total. The monoisotopic (exact) mass is 252 g/mol. The molecule has 0 N–H and O–H groups in total. The van der Waals surface area contributed by atoms with Crippen LogP contribution in [0, 0.1) is 35.5 Å². The molecule has 1 heterocycles. The molecule has 0 amide bonds. The molecule has 17 heavy (non-hydrogen) atoms. The predicted molar refractivity (Wildman–Crippen MR) is 77.3 cm³/mol. The number of hydrogen-bond acceptors (Lipinski definition) is 1. The highest BCUT2D eigenvalue weighted by molar-refractivity contribution is 7.99. The third-order valence-electron chi connectivity index (χ3n) is 5.93. The lowest BCUT2D eigenvalue weighted by Gasteiger charge is -2.24. The molecule has 0 aromatic rings. The summed E-state index contributed by atoms with van der Waals surface area (Å²) in [5, 5.41) is 0. The minimum Gasteiger partial charge on any atom is -0.162 e. The van der Waals surface area contributed by atoms with Crippen molar-refractivity contribution in [3.8, 4) is 0 Å². The van der Waals surface area contributed by atoms with E-state index in [-0.39, 0.29) is 0 Å². The zero-order valence-electron chi connectivity index (χ0n) is 11.5. The van der Waals surface area contributed by atoms with Crippen LogP contribution in [0.3, 0.4) is 0 Å². The van der Waals surface area contributed by atoms with Gasteiger partial charge in [-0.2, -0.15) is 11.8 Å². The highest BCUT2D eigenvalue weighted by Gasteiger charge is 2.40. The van der Waals surface area contributed by atoms with E-state index in [1.807, 2.05) is 0 Å². The molecule has 0 bridgehead atoms. The summed E-state index contributed by atoms with van der Waals surface area (Å²) < 4.78 is 0. The summed E-state index contributed by atoms with van der Waals surface area (Å²) in [5.41, 5.74) is 0. The molecule has 2 saturated carbocycles. The van der Waals surface area contributed by atoms with Gasteiger partial charge in [-0.15, -0.1) is 0 Å². The molecule has 0 aromatic heterocycles. The number of rotatable bonds is 2. The predicted octanol–water partition coefficient (Wildman–Crippen LogP) is 4.84. The summed E-state index contributed by atoms with van der Waals surface area (Å²) in [5.74, 6) is 9.35. The van der Waals surface area contributed by atoms with E-state index in [4.69, 9.17) is 0 Å². The highest BCUT2D eigenvalue weighted by atomic mass is 32.2. The molecule has 0 spiro atoms. The minimum atomic E-state index is 1.01. The molecular formula is C16H28S. The van der Waals surface area contributed by atoms with E-state index < -0.39 is 0 Å². The molecule has 6 unspecified atom stereocenters. The standard InChI is InChI=1S/C16H28S/c1-11-7-12(2)16(8-11)14-4-3-13(9-14)15-5-6-17-10-15/h11-16H,3-10H2,1-2H3. The number of thioether (sulfide) groups is 1. The molecule has 1 saturated heterocycles. The van der Waals surface area contributed by atoms with Crippen molar-refractivity contribution in [2.75, 3.05) is 11.5 Å². The fraction of sp³-hybridized carbons (Fsp3) is 1.00. The molecule has 3 rings (SSSR count). The van der Waals surface area contributed by atoms with Gasteiger partial charge in [-0.25, -0.2) is 0 Å². The van der Waals surface area contributed by atoms with Crippen molar-refractivity contribution in [2.24, 2.45) is 35.5 Å². The van der Waals surface area contributed by atoms with Crippen molar-refractivity contribution in [1.82, 2.24) is 0 Å². The molecule has 98 valence electrons. The molecule has 6 atom stereocenters. The maximum atomic E-state index is 2.52. The van der Waals surface area contributed by atoms with E-state index in [0.29, 0.717) is 0 Å². The van der Waals surface area contributed by atoms with Gasteiger partial charge < -0.3 is 0 Å². The van der Waals surface area contributed by atoms with Crippen molar-refractivity contribution < 1.29 is 0 Å². The van der Waals surface area contributed by atoms with Crippen LogP contribution in [0.5, 0.6) is 0 Å². The Bertz CT molecular complexity index is 256. The summed E-state index contributed by atoms with van der Waals surface area (Å²) in [6, 6.07) is 0. The minimum absolute atomic E-state index is 1.01. The van der Waals surface area contributed by atoms with Crippen LogP contribution in [0.4, 0.5) is 0 Å². The van der Waals surface area contributed by atoms with Crippen LogP contribution in [0.2, 0.25) is 0 Å². The molecule has 0 radical (unpaired) electrons. The Balaban J connectivity index is 1.56. The Morgan fingerprint density at radius 3 is 2.29 bits per heavy atom. The Labute approximate surface area is 111 Å². The zero-order chi connectivity index (χ0) is 11.8. The Morgan fingerprint density at radius 1 is 0.824 bits per heavy atom. The molecule has 0 aromatic carbocycles. The zero-order valence-corrected chi connectivity index (χ0v) is 12.3. The van der Waals surface area contributed by atoms with E-state index >= 15 is 0 Å².